The van der Waals surface area contributed by atoms with Gasteiger partial charge >= 0.3 is 0 Å². The van der Waals surface area contributed by atoms with E-state index in [4.69, 9.17) is 0 Å². The predicted octanol–water partition coefficient (Wildman–Crippen LogP) is 2.15. The highest BCUT2D eigenvalue weighted by molar-refractivity contribution is 6.03. The van der Waals surface area contributed by atoms with Crippen LogP contribution in [-0.4, -0.2) is 39.6 Å². The summed E-state index contributed by atoms with van der Waals surface area (Å²) in [5, 5.41) is 6.99. The molecule has 24 heavy (non-hydrogen) atoms. The Hall–Kier alpha value is -2.96. The molecule has 1 aromatic carbocycles. The van der Waals surface area contributed by atoms with Gasteiger partial charge in [-0.3, -0.25) is 14.3 Å². The number of hydrogen-bond donors (Lipinski definition) is 1. The Morgan fingerprint density at radius 2 is 2.12 bits per heavy atom. The SMILES string of the molecule is C=CC(=O)N1CC(n2ccc(NC(=O)c3ccc(F)c(C)c3)n2)C1. The molecule has 0 aliphatic carbocycles. The van der Waals surface area contributed by atoms with Crippen LogP contribution in [-0.2, 0) is 4.79 Å². The maximum Gasteiger partial charge on any atom is 0.256 e. The number of rotatable bonds is 4. The van der Waals surface area contributed by atoms with E-state index in [0.29, 0.717) is 30.0 Å². The first-order valence-corrected chi connectivity index (χ1v) is 7.52. The minimum Gasteiger partial charge on any atom is -0.335 e. The minimum atomic E-state index is -0.348. The second-order valence-electron chi connectivity index (χ2n) is 5.70. The quantitative estimate of drug-likeness (QED) is 0.875. The summed E-state index contributed by atoms with van der Waals surface area (Å²) in [6.07, 6.45) is 3.04. The summed E-state index contributed by atoms with van der Waals surface area (Å²) in [7, 11) is 0. The highest BCUT2D eigenvalue weighted by Crippen LogP contribution is 2.22. The Bertz CT molecular complexity index is 809. The van der Waals surface area contributed by atoms with Crippen molar-refractivity contribution in [3.63, 3.8) is 0 Å². The number of aryl methyl sites for hydroxylation is 1. The molecule has 124 valence electrons. The molecular weight excluding hydrogens is 311 g/mol. The molecule has 1 saturated heterocycles. The van der Waals surface area contributed by atoms with Gasteiger partial charge in [-0.15, -0.1) is 0 Å². The molecule has 0 bridgehead atoms. The van der Waals surface area contributed by atoms with Crippen molar-refractivity contribution < 1.29 is 14.0 Å². The van der Waals surface area contributed by atoms with E-state index in [-0.39, 0.29) is 23.7 Å². The van der Waals surface area contributed by atoms with E-state index in [0.717, 1.165) is 0 Å². The highest BCUT2D eigenvalue weighted by Gasteiger charge is 2.31. The first-order chi connectivity index (χ1) is 11.5. The van der Waals surface area contributed by atoms with Crippen molar-refractivity contribution in [2.24, 2.45) is 0 Å². The molecular formula is C17H17FN4O2. The molecule has 2 aromatic rings. The molecule has 0 unspecified atom stereocenters. The topological polar surface area (TPSA) is 67.2 Å². The van der Waals surface area contributed by atoms with Crippen molar-refractivity contribution in [2.45, 2.75) is 13.0 Å². The van der Waals surface area contributed by atoms with E-state index in [1.165, 1.54) is 24.3 Å². The van der Waals surface area contributed by atoms with Gasteiger partial charge in [-0.1, -0.05) is 6.58 Å². The highest BCUT2D eigenvalue weighted by atomic mass is 19.1. The van der Waals surface area contributed by atoms with Crippen LogP contribution in [0.3, 0.4) is 0 Å². The van der Waals surface area contributed by atoms with Crippen LogP contribution in [0.25, 0.3) is 0 Å². The fourth-order valence-electron chi connectivity index (χ4n) is 2.51. The number of hydrogen-bond acceptors (Lipinski definition) is 3. The number of benzene rings is 1. The van der Waals surface area contributed by atoms with Gasteiger partial charge in [-0.05, 0) is 36.8 Å². The van der Waals surface area contributed by atoms with Gasteiger partial charge in [0.2, 0.25) is 5.91 Å². The molecule has 1 aliphatic heterocycles. The molecule has 1 fully saturated rings. The summed E-state index contributed by atoms with van der Waals surface area (Å²) in [5.41, 5.74) is 0.782. The van der Waals surface area contributed by atoms with Crippen LogP contribution in [0.1, 0.15) is 22.0 Å². The number of aromatic nitrogens is 2. The van der Waals surface area contributed by atoms with Gasteiger partial charge < -0.3 is 10.2 Å². The normalized spacial score (nSPS) is 14.2. The van der Waals surface area contributed by atoms with E-state index in [1.54, 1.807) is 28.8 Å². The molecule has 2 amide bonds. The summed E-state index contributed by atoms with van der Waals surface area (Å²) >= 11 is 0. The number of likely N-dealkylation sites (tertiary alicyclic amines) is 1. The third kappa shape index (κ3) is 3.05. The average molecular weight is 328 g/mol. The van der Waals surface area contributed by atoms with Crippen LogP contribution in [0.2, 0.25) is 0 Å². The molecule has 3 rings (SSSR count). The van der Waals surface area contributed by atoms with Crippen molar-refractivity contribution >= 4 is 17.6 Å². The molecule has 6 nitrogen and oxygen atoms in total. The van der Waals surface area contributed by atoms with Crippen molar-refractivity contribution in [1.29, 1.82) is 0 Å². The predicted molar refractivity (Wildman–Crippen MR) is 87.1 cm³/mol. The Balaban J connectivity index is 1.62. The third-order valence-corrected chi connectivity index (χ3v) is 3.99. The van der Waals surface area contributed by atoms with Crippen molar-refractivity contribution in [3.05, 3.63) is 60.1 Å². The molecule has 0 atom stereocenters. The Morgan fingerprint density at radius 1 is 1.38 bits per heavy atom. The molecule has 0 saturated carbocycles. The van der Waals surface area contributed by atoms with E-state index in [9.17, 15) is 14.0 Å². The van der Waals surface area contributed by atoms with Gasteiger partial charge in [0.15, 0.2) is 5.82 Å². The second-order valence-corrected chi connectivity index (χ2v) is 5.70. The number of carbonyl (C=O) groups is 2. The zero-order valence-corrected chi connectivity index (χ0v) is 13.2. The van der Waals surface area contributed by atoms with Gasteiger partial charge in [-0.25, -0.2) is 4.39 Å². The lowest BCUT2D eigenvalue weighted by atomic mass is 10.1. The average Bonchev–Trinajstić information content (AvgIpc) is 2.96. The Kier molecular flexibility index (Phi) is 4.16. The first kappa shape index (κ1) is 15.9. The summed E-state index contributed by atoms with van der Waals surface area (Å²) in [6.45, 7) is 6.19. The van der Waals surface area contributed by atoms with E-state index >= 15 is 0 Å². The number of amides is 2. The van der Waals surface area contributed by atoms with Crippen molar-refractivity contribution in [2.75, 3.05) is 18.4 Å². The van der Waals surface area contributed by atoms with Crippen LogP contribution >= 0.6 is 0 Å². The van der Waals surface area contributed by atoms with Gasteiger partial charge in [0.1, 0.15) is 5.82 Å². The lowest BCUT2D eigenvalue weighted by molar-refractivity contribution is -0.131. The largest absolute Gasteiger partial charge is 0.335 e. The minimum absolute atomic E-state index is 0.0904. The second kappa shape index (κ2) is 6.27. The fraction of sp³-hybridized carbons (Fsp3) is 0.235. The van der Waals surface area contributed by atoms with Gasteiger partial charge in [0.25, 0.3) is 5.91 Å². The summed E-state index contributed by atoms with van der Waals surface area (Å²) in [4.78, 5) is 25.3. The van der Waals surface area contributed by atoms with Crippen LogP contribution in [0.5, 0.6) is 0 Å². The molecule has 2 heterocycles. The van der Waals surface area contributed by atoms with E-state index < -0.39 is 0 Å². The standard InChI is InChI=1S/C17H17FN4O2/c1-3-16(23)21-9-13(10-21)22-7-6-15(20-22)19-17(24)12-4-5-14(18)11(2)8-12/h3-8,13H,1,9-10H2,2H3,(H,19,20,24). The van der Waals surface area contributed by atoms with Gasteiger partial charge in [-0.2, -0.15) is 5.10 Å². The monoisotopic (exact) mass is 328 g/mol. The number of halogens is 1. The summed E-state index contributed by atoms with van der Waals surface area (Å²) in [6, 6.07) is 5.97. The molecule has 1 aliphatic rings. The number of nitrogens with zero attached hydrogens (tertiary/aromatic N) is 3. The molecule has 7 heteroatoms. The Labute approximate surface area is 138 Å². The molecule has 0 spiro atoms. The smallest absolute Gasteiger partial charge is 0.256 e. The van der Waals surface area contributed by atoms with Crippen molar-refractivity contribution in [1.82, 2.24) is 14.7 Å². The lowest BCUT2D eigenvalue weighted by Gasteiger charge is -2.38. The fourth-order valence-corrected chi connectivity index (χ4v) is 2.51. The first-order valence-electron chi connectivity index (χ1n) is 7.52. The maximum absolute atomic E-state index is 13.3. The van der Waals surface area contributed by atoms with Crippen LogP contribution < -0.4 is 5.32 Å². The molecule has 1 aromatic heterocycles. The van der Waals surface area contributed by atoms with Gasteiger partial charge in [0.05, 0.1) is 6.04 Å². The van der Waals surface area contributed by atoms with Gasteiger partial charge in [0, 0.05) is 30.9 Å². The Morgan fingerprint density at radius 3 is 2.79 bits per heavy atom. The zero-order chi connectivity index (χ0) is 17.3. The molecule has 0 radical (unpaired) electrons. The van der Waals surface area contributed by atoms with Crippen LogP contribution in [0, 0.1) is 12.7 Å². The number of carbonyl (C=O) groups excluding carboxylic acids is 2. The lowest BCUT2D eigenvalue weighted by Crippen LogP contribution is -2.50. The third-order valence-electron chi connectivity index (χ3n) is 3.99. The summed E-state index contributed by atoms with van der Waals surface area (Å²) < 4.78 is 15.0. The zero-order valence-electron chi connectivity index (χ0n) is 13.2. The number of nitrogens with one attached hydrogen (secondary N) is 1. The van der Waals surface area contributed by atoms with E-state index in [2.05, 4.69) is 17.0 Å². The number of anilines is 1. The molecule has 1 N–H and O–H groups in total. The summed E-state index contributed by atoms with van der Waals surface area (Å²) in [5.74, 6) is -0.381. The van der Waals surface area contributed by atoms with Crippen LogP contribution in [0.15, 0.2) is 43.1 Å². The van der Waals surface area contributed by atoms with Crippen molar-refractivity contribution in [3.8, 4) is 0 Å². The van der Waals surface area contributed by atoms with Crippen LogP contribution in [0.4, 0.5) is 10.2 Å². The van der Waals surface area contributed by atoms with E-state index in [1.807, 2.05) is 0 Å². The maximum atomic E-state index is 13.3.